The lowest BCUT2D eigenvalue weighted by Gasteiger charge is -2.28. The van der Waals surface area contributed by atoms with Gasteiger partial charge >= 0.3 is 0 Å². The lowest BCUT2D eigenvalue weighted by molar-refractivity contribution is -0.384. The summed E-state index contributed by atoms with van der Waals surface area (Å²) in [6.07, 6.45) is 6.05. The molecule has 2 rings (SSSR count). The highest BCUT2D eigenvalue weighted by Gasteiger charge is 2.21. The molecule has 6 heteroatoms. The van der Waals surface area contributed by atoms with E-state index in [0.717, 1.165) is 24.3 Å². The van der Waals surface area contributed by atoms with E-state index < -0.39 is 4.92 Å². The number of rotatable bonds is 6. The molecule has 1 aliphatic carbocycles. The van der Waals surface area contributed by atoms with Crippen molar-refractivity contribution in [3.8, 4) is 0 Å². The Morgan fingerprint density at radius 3 is 2.95 bits per heavy atom. The predicted molar refractivity (Wildman–Crippen MR) is 81.7 cm³/mol. The van der Waals surface area contributed by atoms with Crippen LogP contribution in [0.5, 0.6) is 0 Å². The molecule has 0 heterocycles. The molecule has 0 spiro atoms. The van der Waals surface area contributed by atoms with Crippen LogP contribution < -0.4 is 11.3 Å². The minimum atomic E-state index is -0.405. The van der Waals surface area contributed by atoms with Crippen molar-refractivity contribution in [1.82, 2.24) is 0 Å². The van der Waals surface area contributed by atoms with Gasteiger partial charge in [-0.05, 0) is 24.8 Å². The van der Waals surface area contributed by atoms with Crippen LogP contribution in [0.3, 0.4) is 0 Å². The van der Waals surface area contributed by atoms with Gasteiger partial charge in [-0.1, -0.05) is 26.2 Å². The summed E-state index contributed by atoms with van der Waals surface area (Å²) in [6, 6.07) is 4.58. The van der Waals surface area contributed by atoms with Crippen molar-refractivity contribution in [2.45, 2.75) is 51.7 Å². The summed E-state index contributed by atoms with van der Waals surface area (Å²) < 4.78 is 5.96. The summed E-state index contributed by atoms with van der Waals surface area (Å²) in [6.45, 7) is 2.56. The third-order valence-corrected chi connectivity index (χ3v) is 4.24. The van der Waals surface area contributed by atoms with Gasteiger partial charge in [-0.3, -0.25) is 16.0 Å². The molecule has 1 fully saturated rings. The fourth-order valence-electron chi connectivity index (χ4n) is 2.93. The average molecular weight is 293 g/mol. The number of nitrogens with zero attached hydrogens (tertiary/aromatic N) is 1. The first-order valence-electron chi connectivity index (χ1n) is 7.49. The normalized spacial score (nSPS) is 22.0. The molecule has 1 aromatic rings. The molecule has 1 aliphatic rings. The summed E-state index contributed by atoms with van der Waals surface area (Å²) in [5.41, 5.74) is 4.02. The first-order valence-corrected chi connectivity index (χ1v) is 7.49. The van der Waals surface area contributed by atoms with E-state index in [2.05, 4.69) is 12.3 Å². The number of benzene rings is 1. The number of hydrogen-bond donors (Lipinski definition) is 2. The Bertz CT molecular complexity index is 493. The number of nitrogens with two attached hydrogens (primary N) is 1. The highest BCUT2D eigenvalue weighted by molar-refractivity contribution is 5.55. The molecule has 0 aliphatic heterocycles. The van der Waals surface area contributed by atoms with E-state index in [1.807, 2.05) is 0 Å². The van der Waals surface area contributed by atoms with Crippen LogP contribution in [0.15, 0.2) is 18.2 Å². The fraction of sp³-hybridized carbons (Fsp3) is 0.600. The molecule has 3 N–H and O–H groups in total. The monoisotopic (exact) mass is 293 g/mol. The molecular weight excluding hydrogens is 270 g/mol. The second kappa shape index (κ2) is 7.38. The van der Waals surface area contributed by atoms with Crippen molar-refractivity contribution in [3.05, 3.63) is 33.9 Å². The van der Waals surface area contributed by atoms with E-state index in [1.165, 1.54) is 31.4 Å². The number of anilines is 1. The van der Waals surface area contributed by atoms with Gasteiger partial charge in [-0.25, -0.2) is 0 Å². The summed E-state index contributed by atoms with van der Waals surface area (Å²) in [7, 11) is 0. The quantitative estimate of drug-likeness (QED) is 0.477. The molecule has 6 nitrogen and oxygen atoms in total. The number of nitrogen functional groups attached to an aromatic ring is 1. The van der Waals surface area contributed by atoms with E-state index in [4.69, 9.17) is 10.6 Å². The number of nitrogens with one attached hydrogen (secondary N) is 1. The average Bonchev–Trinajstić information content (AvgIpc) is 2.52. The van der Waals surface area contributed by atoms with E-state index in [9.17, 15) is 10.1 Å². The van der Waals surface area contributed by atoms with Crippen molar-refractivity contribution in [2.24, 2.45) is 11.8 Å². The Kier molecular flexibility index (Phi) is 5.52. The fourth-order valence-corrected chi connectivity index (χ4v) is 2.93. The molecule has 2 unspecified atom stereocenters. The van der Waals surface area contributed by atoms with Gasteiger partial charge in [0, 0.05) is 17.7 Å². The van der Waals surface area contributed by atoms with Crippen LogP contribution in [-0.2, 0) is 11.3 Å². The zero-order valence-electron chi connectivity index (χ0n) is 12.4. The van der Waals surface area contributed by atoms with Gasteiger partial charge in [0.2, 0.25) is 0 Å². The maximum atomic E-state index is 10.9. The number of nitro groups is 1. The van der Waals surface area contributed by atoms with Gasteiger partial charge in [-0.2, -0.15) is 0 Å². The van der Waals surface area contributed by atoms with Crippen LogP contribution in [0.1, 0.15) is 44.6 Å². The Labute approximate surface area is 124 Å². The maximum absolute atomic E-state index is 10.9. The third kappa shape index (κ3) is 4.15. The molecular formula is C15H23N3O3. The Morgan fingerprint density at radius 2 is 2.29 bits per heavy atom. The number of hydrazine groups is 1. The molecule has 0 aromatic heterocycles. The number of nitro benzene ring substituents is 1. The second-order valence-corrected chi connectivity index (χ2v) is 5.62. The summed E-state index contributed by atoms with van der Waals surface area (Å²) in [4.78, 5) is 10.4. The van der Waals surface area contributed by atoms with Crippen LogP contribution in [0.25, 0.3) is 0 Å². The first kappa shape index (κ1) is 15.7. The predicted octanol–water partition coefficient (Wildman–Crippen LogP) is 3.37. The van der Waals surface area contributed by atoms with Crippen molar-refractivity contribution in [3.63, 3.8) is 0 Å². The van der Waals surface area contributed by atoms with E-state index >= 15 is 0 Å². The number of ether oxygens (including phenoxy) is 1. The molecule has 1 aromatic carbocycles. The zero-order valence-corrected chi connectivity index (χ0v) is 12.4. The van der Waals surface area contributed by atoms with Crippen LogP contribution in [0.2, 0.25) is 0 Å². The maximum Gasteiger partial charge on any atom is 0.269 e. The van der Waals surface area contributed by atoms with Crippen molar-refractivity contribution >= 4 is 11.4 Å². The highest BCUT2D eigenvalue weighted by Crippen LogP contribution is 2.30. The topological polar surface area (TPSA) is 90.4 Å². The SMILES string of the molecule is CCC1CCCC(OCc2cc([N+](=O)[O-])ccc2NN)C1. The third-order valence-electron chi connectivity index (χ3n) is 4.24. The Hall–Kier alpha value is -1.66. The lowest BCUT2D eigenvalue weighted by Crippen LogP contribution is -2.22. The first-order chi connectivity index (χ1) is 10.1. The molecule has 0 radical (unpaired) electrons. The van der Waals surface area contributed by atoms with Crippen LogP contribution >= 0.6 is 0 Å². The van der Waals surface area contributed by atoms with Crippen molar-refractivity contribution in [1.29, 1.82) is 0 Å². The molecule has 116 valence electrons. The van der Waals surface area contributed by atoms with Crippen LogP contribution in [0, 0.1) is 16.0 Å². The summed E-state index contributed by atoms with van der Waals surface area (Å²) >= 11 is 0. The van der Waals surface area contributed by atoms with Crippen LogP contribution in [0.4, 0.5) is 11.4 Å². The summed E-state index contributed by atoms with van der Waals surface area (Å²) in [5, 5.41) is 10.9. The minimum Gasteiger partial charge on any atom is -0.373 e. The molecule has 0 saturated heterocycles. The van der Waals surface area contributed by atoms with Gasteiger partial charge in [0.1, 0.15) is 0 Å². The van der Waals surface area contributed by atoms with E-state index in [1.54, 1.807) is 6.07 Å². The molecule has 1 saturated carbocycles. The number of non-ortho nitro benzene ring substituents is 1. The van der Waals surface area contributed by atoms with Gasteiger partial charge < -0.3 is 10.2 Å². The van der Waals surface area contributed by atoms with Gasteiger partial charge in [0.25, 0.3) is 5.69 Å². The van der Waals surface area contributed by atoms with Crippen molar-refractivity contribution in [2.75, 3.05) is 5.43 Å². The molecule has 0 amide bonds. The minimum absolute atomic E-state index is 0.0580. The molecule has 21 heavy (non-hydrogen) atoms. The Balaban J connectivity index is 2.01. The highest BCUT2D eigenvalue weighted by atomic mass is 16.6. The van der Waals surface area contributed by atoms with E-state index in [0.29, 0.717) is 12.3 Å². The van der Waals surface area contributed by atoms with Crippen LogP contribution in [-0.4, -0.2) is 11.0 Å². The van der Waals surface area contributed by atoms with Crippen molar-refractivity contribution < 1.29 is 9.66 Å². The Morgan fingerprint density at radius 1 is 1.48 bits per heavy atom. The number of hydrogen-bond acceptors (Lipinski definition) is 5. The zero-order chi connectivity index (χ0) is 15.2. The molecule has 0 bridgehead atoms. The summed E-state index contributed by atoms with van der Waals surface area (Å²) in [5.74, 6) is 6.19. The van der Waals surface area contributed by atoms with Gasteiger partial charge in [0.05, 0.1) is 23.3 Å². The largest absolute Gasteiger partial charge is 0.373 e. The standard InChI is InChI=1S/C15H23N3O3/c1-2-11-4-3-5-14(8-11)21-10-12-9-13(18(19)20)6-7-15(12)17-16/h6-7,9,11,14,17H,2-5,8,10,16H2,1H3. The van der Waals surface area contributed by atoms with Gasteiger partial charge in [0.15, 0.2) is 0 Å². The van der Waals surface area contributed by atoms with E-state index in [-0.39, 0.29) is 11.8 Å². The smallest absolute Gasteiger partial charge is 0.269 e. The van der Waals surface area contributed by atoms with Gasteiger partial charge in [-0.15, -0.1) is 0 Å². The lowest BCUT2D eigenvalue weighted by atomic mass is 9.85. The second-order valence-electron chi connectivity index (χ2n) is 5.62. The molecule has 2 atom stereocenters.